The number of rotatable bonds is 2. The van der Waals surface area contributed by atoms with Crippen LogP contribution in [0.3, 0.4) is 0 Å². The second kappa shape index (κ2) is 4.47. The van der Waals surface area contributed by atoms with Crippen LogP contribution in [0.2, 0.25) is 0 Å². The first-order valence-corrected chi connectivity index (χ1v) is 5.56. The zero-order valence-electron chi connectivity index (χ0n) is 9.31. The molecule has 2 rings (SSSR count). The molecule has 2 atom stereocenters. The minimum atomic E-state index is -0.218. The molecule has 1 aromatic heterocycles. The van der Waals surface area contributed by atoms with E-state index in [4.69, 9.17) is 5.73 Å². The topological polar surface area (TPSA) is 80.9 Å². The molecule has 86 valence electrons. The van der Waals surface area contributed by atoms with Gasteiger partial charge in [0.05, 0.1) is 0 Å². The number of hydrogen-bond donors (Lipinski definition) is 2. The quantitative estimate of drug-likeness (QED) is 0.778. The van der Waals surface area contributed by atoms with Crippen molar-refractivity contribution in [2.24, 2.45) is 5.92 Å². The Kier molecular flexibility index (Phi) is 3.03. The summed E-state index contributed by atoms with van der Waals surface area (Å²) in [7, 11) is 0. The van der Waals surface area contributed by atoms with Crippen molar-refractivity contribution in [3.8, 4) is 0 Å². The maximum absolute atomic E-state index is 11.9. The standard InChI is InChI=1S/C11H16N4O/c1-7-3-2-4-8(7)15-11(16)9-10(12)14-6-5-13-9/h5-8H,2-4H2,1H3,(H2,12,14)(H,15,16). The average molecular weight is 220 g/mol. The number of nitrogens with two attached hydrogens (primary N) is 1. The van der Waals surface area contributed by atoms with Crippen LogP contribution in [0, 0.1) is 5.92 Å². The summed E-state index contributed by atoms with van der Waals surface area (Å²) in [4.78, 5) is 19.7. The van der Waals surface area contributed by atoms with Crippen molar-refractivity contribution in [1.29, 1.82) is 0 Å². The summed E-state index contributed by atoms with van der Waals surface area (Å²) in [6, 6.07) is 0.244. The van der Waals surface area contributed by atoms with Gasteiger partial charge in [-0.05, 0) is 18.8 Å². The van der Waals surface area contributed by atoms with Crippen molar-refractivity contribution >= 4 is 11.7 Å². The minimum absolute atomic E-state index is 0.186. The van der Waals surface area contributed by atoms with Gasteiger partial charge in [-0.1, -0.05) is 13.3 Å². The van der Waals surface area contributed by atoms with Gasteiger partial charge in [-0.2, -0.15) is 0 Å². The van der Waals surface area contributed by atoms with E-state index in [1.54, 1.807) is 0 Å². The first-order valence-electron chi connectivity index (χ1n) is 5.56. The highest BCUT2D eigenvalue weighted by Gasteiger charge is 2.26. The van der Waals surface area contributed by atoms with Gasteiger partial charge in [-0.15, -0.1) is 0 Å². The highest BCUT2D eigenvalue weighted by atomic mass is 16.2. The Balaban J connectivity index is 2.06. The van der Waals surface area contributed by atoms with Crippen LogP contribution >= 0.6 is 0 Å². The Morgan fingerprint density at radius 1 is 1.44 bits per heavy atom. The third-order valence-electron chi connectivity index (χ3n) is 3.12. The Bertz CT molecular complexity index is 393. The van der Waals surface area contributed by atoms with Gasteiger partial charge in [0.1, 0.15) is 0 Å². The van der Waals surface area contributed by atoms with Crippen molar-refractivity contribution in [1.82, 2.24) is 15.3 Å². The predicted molar refractivity (Wildman–Crippen MR) is 60.7 cm³/mol. The molecular formula is C11H16N4O. The van der Waals surface area contributed by atoms with Crippen LogP contribution in [0.15, 0.2) is 12.4 Å². The normalized spacial score (nSPS) is 24.3. The summed E-state index contributed by atoms with van der Waals surface area (Å²) in [6.07, 6.45) is 6.32. The van der Waals surface area contributed by atoms with Crippen LogP contribution in [0.1, 0.15) is 36.7 Å². The van der Waals surface area contributed by atoms with Crippen LogP contribution in [0.4, 0.5) is 5.82 Å². The van der Waals surface area contributed by atoms with Crippen molar-refractivity contribution in [3.63, 3.8) is 0 Å². The molecule has 0 radical (unpaired) electrons. The van der Waals surface area contributed by atoms with Crippen LogP contribution in [-0.2, 0) is 0 Å². The van der Waals surface area contributed by atoms with Crippen LogP contribution in [0.25, 0.3) is 0 Å². The molecule has 0 spiro atoms. The van der Waals surface area contributed by atoms with Crippen LogP contribution in [-0.4, -0.2) is 21.9 Å². The van der Waals surface area contributed by atoms with Gasteiger partial charge >= 0.3 is 0 Å². The van der Waals surface area contributed by atoms with E-state index in [1.165, 1.54) is 25.2 Å². The number of nitrogens with zero attached hydrogens (tertiary/aromatic N) is 2. The molecule has 1 saturated carbocycles. The van der Waals surface area contributed by atoms with Gasteiger partial charge in [0, 0.05) is 18.4 Å². The number of nitrogens with one attached hydrogen (secondary N) is 1. The van der Waals surface area contributed by atoms with E-state index in [0.717, 1.165) is 6.42 Å². The number of carbonyl (C=O) groups is 1. The molecule has 0 aromatic carbocycles. The molecule has 1 aliphatic rings. The fourth-order valence-electron chi connectivity index (χ4n) is 2.12. The molecular weight excluding hydrogens is 204 g/mol. The van der Waals surface area contributed by atoms with Gasteiger partial charge in [-0.25, -0.2) is 9.97 Å². The smallest absolute Gasteiger partial charge is 0.273 e. The average Bonchev–Trinajstić information content (AvgIpc) is 2.65. The van der Waals surface area contributed by atoms with E-state index >= 15 is 0 Å². The summed E-state index contributed by atoms with van der Waals surface area (Å²) in [5.74, 6) is 0.497. The Morgan fingerprint density at radius 2 is 2.19 bits per heavy atom. The zero-order valence-corrected chi connectivity index (χ0v) is 9.31. The summed E-state index contributed by atoms with van der Waals surface area (Å²) in [6.45, 7) is 2.15. The van der Waals surface area contributed by atoms with E-state index in [1.807, 2.05) is 0 Å². The zero-order chi connectivity index (χ0) is 11.5. The van der Waals surface area contributed by atoms with Crippen molar-refractivity contribution in [2.45, 2.75) is 32.2 Å². The molecule has 16 heavy (non-hydrogen) atoms. The number of nitrogen functional groups attached to an aromatic ring is 1. The summed E-state index contributed by atoms with van der Waals surface area (Å²) < 4.78 is 0. The van der Waals surface area contributed by atoms with Crippen molar-refractivity contribution in [3.05, 3.63) is 18.1 Å². The lowest BCUT2D eigenvalue weighted by Gasteiger charge is -2.17. The second-order valence-electron chi connectivity index (χ2n) is 4.28. The van der Waals surface area contributed by atoms with E-state index in [0.29, 0.717) is 5.92 Å². The highest BCUT2D eigenvalue weighted by molar-refractivity contribution is 5.96. The SMILES string of the molecule is CC1CCCC1NC(=O)c1nccnc1N. The van der Waals surface area contributed by atoms with Crippen LogP contribution < -0.4 is 11.1 Å². The molecule has 2 unspecified atom stereocenters. The van der Waals surface area contributed by atoms with Gasteiger partial charge in [0.2, 0.25) is 0 Å². The van der Waals surface area contributed by atoms with E-state index < -0.39 is 0 Å². The number of carbonyl (C=O) groups excluding carboxylic acids is 1. The number of amides is 1. The second-order valence-corrected chi connectivity index (χ2v) is 4.28. The Morgan fingerprint density at radius 3 is 2.81 bits per heavy atom. The largest absolute Gasteiger partial charge is 0.382 e. The third kappa shape index (κ3) is 2.13. The van der Waals surface area contributed by atoms with Crippen LogP contribution in [0.5, 0.6) is 0 Å². The third-order valence-corrected chi connectivity index (χ3v) is 3.12. The molecule has 1 aromatic rings. The predicted octanol–water partition coefficient (Wildman–Crippen LogP) is 0.977. The maximum atomic E-state index is 11.9. The summed E-state index contributed by atoms with van der Waals surface area (Å²) in [5, 5.41) is 2.96. The van der Waals surface area contributed by atoms with E-state index in [-0.39, 0.29) is 23.5 Å². The molecule has 1 fully saturated rings. The van der Waals surface area contributed by atoms with Gasteiger partial charge in [0.15, 0.2) is 11.5 Å². The van der Waals surface area contributed by atoms with Gasteiger partial charge < -0.3 is 11.1 Å². The summed E-state index contributed by atoms with van der Waals surface area (Å²) in [5.41, 5.74) is 5.82. The lowest BCUT2D eigenvalue weighted by molar-refractivity contribution is 0.0925. The fourth-order valence-corrected chi connectivity index (χ4v) is 2.12. The number of anilines is 1. The number of aromatic nitrogens is 2. The lowest BCUT2D eigenvalue weighted by atomic mass is 10.1. The minimum Gasteiger partial charge on any atom is -0.382 e. The molecule has 0 saturated heterocycles. The first kappa shape index (κ1) is 10.9. The number of hydrogen-bond acceptors (Lipinski definition) is 4. The lowest BCUT2D eigenvalue weighted by Crippen LogP contribution is -2.37. The molecule has 3 N–H and O–H groups in total. The molecule has 1 aliphatic carbocycles. The van der Waals surface area contributed by atoms with E-state index in [9.17, 15) is 4.79 Å². The Hall–Kier alpha value is -1.65. The maximum Gasteiger partial charge on any atom is 0.273 e. The first-order chi connectivity index (χ1) is 7.68. The molecule has 5 nitrogen and oxygen atoms in total. The van der Waals surface area contributed by atoms with Gasteiger partial charge in [0.25, 0.3) is 5.91 Å². The highest BCUT2D eigenvalue weighted by Crippen LogP contribution is 2.25. The van der Waals surface area contributed by atoms with Gasteiger partial charge in [-0.3, -0.25) is 4.79 Å². The monoisotopic (exact) mass is 220 g/mol. The molecule has 1 heterocycles. The van der Waals surface area contributed by atoms with Crippen molar-refractivity contribution < 1.29 is 4.79 Å². The molecule has 0 aliphatic heterocycles. The molecule has 1 amide bonds. The fraction of sp³-hybridized carbons (Fsp3) is 0.545. The molecule has 0 bridgehead atoms. The van der Waals surface area contributed by atoms with Crippen molar-refractivity contribution in [2.75, 3.05) is 5.73 Å². The van der Waals surface area contributed by atoms with E-state index in [2.05, 4.69) is 22.2 Å². The molecule has 5 heteroatoms. The summed E-state index contributed by atoms with van der Waals surface area (Å²) >= 11 is 0. The Labute approximate surface area is 94.5 Å².